The molecular formula is C17H15FN2O4S2. The number of hydrogen-bond acceptors (Lipinski definition) is 6. The van der Waals surface area contributed by atoms with E-state index in [2.05, 4.69) is 10.3 Å². The Hall–Kier alpha value is -2.52. The molecule has 0 aliphatic carbocycles. The van der Waals surface area contributed by atoms with Crippen LogP contribution in [0.1, 0.15) is 11.3 Å². The molecule has 3 aromatic rings. The number of rotatable bonds is 7. The molecule has 26 heavy (non-hydrogen) atoms. The molecular weight excluding hydrogens is 379 g/mol. The van der Waals surface area contributed by atoms with Gasteiger partial charge in [0.2, 0.25) is 5.91 Å². The van der Waals surface area contributed by atoms with E-state index >= 15 is 0 Å². The predicted molar refractivity (Wildman–Crippen MR) is 95.6 cm³/mol. The van der Waals surface area contributed by atoms with Crippen LogP contribution in [0.25, 0.3) is 10.8 Å². The second kappa shape index (κ2) is 7.79. The first-order chi connectivity index (χ1) is 12.4. The van der Waals surface area contributed by atoms with Gasteiger partial charge in [-0.25, -0.2) is 17.8 Å². The lowest BCUT2D eigenvalue weighted by molar-refractivity contribution is -0.118. The van der Waals surface area contributed by atoms with Gasteiger partial charge in [-0.15, -0.1) is 11.3 Å². The smallest absolute Gasteiger partial charge is 0.235 e. The summed E-state index contributed by atoms with van der Waals surface area (Å²) in [5, 5.41) is 4.73. The summed E-state index contributed by atoms with van der Waals surface area (Å²) < 4.78 is 42.4. The van der Waals surface area contributed by atoms with Crippen molar-refractivity contribution in [3.63, 3.8) is 0 Å². The van der Waals surface area contributed by atoms with Crippen molar-refractivity contribution < 1.29 is 22.0 Å². The average molecular weight is 394 g/mol. The van der Waals surface area contributed by atoms with E-state index < -0.39 is 21.5 Å². The summed E-state index contributed by atoms with van der Waals surface area (Å²) in [4.78, 5) is 16.1. The Balaban J connectivity index is 1.54. The van der Waals surface area contributed by atoms with Crippen molar-refractivity contribution in [1.29, 1.82) is 0 Å². The summed E-state index contributed by atoms with van der Waals surface area (Å²) in [5.74, 6) is -1.39. The second-order valence-corrected chi connectivity index (χ2v) is 8.48. The highest BCUT2D eigenvalue weighted by Crippen LogP contribution is 2.24. The van der Waals surface area contributed by atoms with E-state index in [0.29, 0.717) is 22.0 Å². The molecule has 3 rings (SSSR count). The summed E-state index contributed by atoms with van der Waals surface area (Å²) in [6, 6.07) is 9.05. The molecule has 0 fully saturated rings. The minimum atomic E-state index is -3.66. The second-order valence-electron chi connectivity index (χ2n) is 5.56. The molecule has 0 spiro atoms. The van der Waals surface area contributed by atoms with Gasteiger partial charge in [0.25, 0.3) is 0 Å². The van der Waals surface area contributed by atoms with Crippen LogP contribution in [0.15, 0.2) is 52.5 Å². The quantitative estimate of drug-likeness (QED) is 0.666. The van der Waals surface area contributed by atoms with Gasteiger partial charge in [-0.1, -0.05) is 12.1 Å². The molecule has 1 N–H and O–H groups in total. The lowest BCUT2D eigenvalue weighted by Crippen LogP contribution is -2.30. The lowest BCUT2D eigenvalue weighted by atomic mass is 10.2. The molecule has 0 saturated carbocycles. The SMILES string of the molecule is O=C(CS(=O)(=O)Cc1csc(-c2ccco2)n1)NCc1ccc(F)cc1. The maximum atomic E-state index is 12.8. The van der Waals surface area contributed by atoms with Crippen molar-refractivity contribution >= 4 is 27.1 Å². The van der Waals surface area contributed by atoms with Gasteiger partial charge in [-0.3, -0.25) is 4.79 Å². The fourth-order valence-corrected chi connectivity index (χ4v) is 4.31. The highest BCUT2D eigenvalue weighted by Gasteiger charge is 2.19. The third kappa shape index (κ3) is 4.99. The van der Waals surface area contributed by atoms with Crippen LogP contribution in [0.2, 0.25) is 0 Å². The molecule has 0 saturated heterocycles. The van der Waals surface area contributed by atoms with Gasteiger partial charge in [0, 0.05) is 11.9 Å². The zero-order valence-electron chi connectivity index (χ0n) is 13.5. The zero-order chi connectivity index (χ0) is 18.6. The number of aromatic nitrogens is 1. The minimum absolute atomic E-state index is 0.133. The van der Waals surface area contributed by atoms with Crippen molar-refractivity contribution in [1.82, 2.24) is 10.3 Å². The number of halogens is 1. The molecule has 6 nitrogen and oxygen atoms in total. The van der Waals surface area contributed by atoms with Crippen LogP contribution in [-0.4, -0.2) is 25.1 Å². The van der Waals surface area contributed by atoms with Crippen LogP contribution in [0.5, 0.6) is 0 Å². The number of hydrogen-bond donors (Lipinski definition) is 1. The van der Waals surface area contributed by atoms with Gasteiger partial charge in [0.1, 0.15) is 11.6 Å². The van der Waals surface area contributed by atoms with Crippen molar-refractivity contribution in [2.24, 2.45) is 0 Å². The maximum absolute atomic E-state index is 12.8. The van der Waals surface area contributed by atoms with E-state index in [1.54, 1.807) is 17.5 Å². The Morgan fingerprint density at radius 3 is 2.69 bits per heavy atom. The van der Waals surface area contributed by atoms with Crippen molar-refractivity contribution in [2.45, 2.75) is 12.3 Å². The normalized spacial score (nSPS) is 11.4. The van der Waals surface area contributed by atoms with E-state index in [-0.39, 0.29) is 18.1 Å². The maximum Gasteiger partial charge on any atom is 0.235 e. The van der Waals surface area contributed by atoms with E-state index in [0.717, 1.165) is 0 Å². The molecule has 1 aromatic carbocycles. The summed E-state index contributed by atoms with van der Waals surface area (Å²) >= 11 is 1.28. The third-order valence-electron chi connectivity index (χ3n) is 3.41. The van der Waals surface area contributed by atoms with Gasteiger partial charge in [-0.2, -0.15) is 0 Å². The van der Waals surface area contributed by atoms with Crippen molar-refractivity contribution in [3.8, 4) is 10.8 Å². The molecule has 0 aliphatic rings. The number of amides is 1. The predicted octanol–water partition coefficient (Wildman–Crippen LogP) is 2.77. The number of sulfone groups is 1. The first kappa shape index (κ1) is 18.3. The molecule has 0 atom stereocenters. The molecule has 2 aromatic heterocycles. The van der Waals surface area contributed by atoms with E-state index in [1.807, 2.05) is 0 Å². The van der Waals surface area contributed by atoms with Crippen LogP contribution < -0.4 is 5.32 Å². The topological polar surface area (TPSA) is 89.3 Å². The Kier molecular flexibility index (Phi) is 5.48. The van der Waals surface area contributed by atoms with E-state index in [9.17, 15) is 17.6 Å². The summed E-state index contributed by atoms with van der Waals surface area (Å²) in [7, 11) is -3.66. The first-order valence-electron chi connectivity index (χ1n) is 7.61. The van der Waals surface area contributed by atoms with Crippen molar-refractivity contribution in [3.05, 3.63) is 65.1 Å². The van der Waals surface area contributed by atoms with E-state index in [1.165, 1.54) is 41.9 Å². The molecule has 9 heteroatoms. The van der Waals surface area contributed by atoms with Crippen LogP contribution >= 0.6 is 11.3 Å². The van der Waals surface area contributed by atoms with Crippen LogP contribution in [0.4, 0.5) is 4.39 Å². The van der Waals surface area contributed by atoms with Gasteiger partial charge in [0.05, 0.1) is 17.7 Å². The van der Waals surface area contributed by atoms with Gasteiger partial charge >= 0.3 is 0 Å². The standard InChI is InChI=1S/C17H15FN2O4S2/c18-13-5-3-12(4-6-13)8-19-16(21)11-26(22,23)10-14-9-25-17(20-14)15-2-1-7-24-15/h1-7,9H,8,10-11H2,(H,19,21). The largest absolute Gasteiger partial charge is 0.462 e. The number of benzene rings is 1. The van der Waals surface area contributed by atoms with Crippen LogP contribution in [0.3, 0.4) is 0 Å². The molecule has 2 heterocycles. The Bertz CT molecular complexity index is 980. The monoisotopic (exact) mass is 394 g/mol. The minimum Gasteiger partial charge on any atom is -0.462 e. The van der Waals surface area contributed by atoms with Gasteiger partial charge in [0.15, 0.2) is 20.6 Å². The Labute approximate surface area is 153 Å². The number of thiazole rings is 1. The zero-order valence-corrected chi connectivity index (χ0v) is 15.1. The summed E-state index contributed by atoms with van der Waals surface area (Å²) in [6.45, 7) is 0.133. The lowest BCUT2D eigenvalue weighted by Gasteiger charge is -2.06. The number of nitrogens with one attached hydrogen (secondary N) is 1. The molecule has 0 unspecified atom stereocenters. The Morgan fingerprint density at radius 2 is 2.00 bits per heavy atom. The van der Waals surface area contributed by atoms with Crippen LogP contribution in [0, 0.1) is 5.82 Å². The average Bonchev–Trinajstić information content (AvgIpc) is 3.24. The van der Waals surface area contributed by atoms with Gasteiger partial charge < -0.3 is 9.73 Å². The van der Waals surface area contributed by atoms with E-state index in [4.69, 9.17) is 4.42 Å². The number of carbonyl (C=O) groups excluding carboxylic acids is 1. The summed E-state index contributed by atoms with van der Waals surface area (Å²) in [5.41, 5.74) is 1.05. The molecule has 1 amide bonds. The third-order valence-corrected chi connectivity index (χ3v) is 5.75. The fourth-order valence-electron chi connectivity index (χ4n) is 2.22. The molecule has 0 bridgehead atoms. The number of nitrogens with zero attached hydrogens (tertiary/aromatic N) is 1. The van der Waals surface area contributed by atoms with Crippen LogP contribution in [-0.2, 0) is 26.9 Å². The summed E-state index contributed by atoms with van der Waals surface area (Å²) in [6.07, 6.45) is 1.51. The van der Waals surface area contributed by atoms with Crippen molar-refractivity contribution in [2.75, 3.05) is 5.75 Å². The number of carbonyl (C=O) groups is 1. The molecule has 136 valence electrons. The molecule has 0 aliphatic heterocycles. The molecule has 0 radical (unpaired) electrons. The highest BCUT2D eigenvalue weighted by atomic mass is 32.2. The Morgan fingerprint density at radius 1 is 1.23 bits per heavy atom. The highest BCUT2D eigenvalue weighted by molar-refractivity contribution is 7.91. The first-order valence-corrected chi connectivity index (χ1v) is 10.3. The number of furan rings is 1. The fraction of sp³-hybridized carbons (Fsp3) is 0.176. The van der Waals surface area contributed by atoms with Gasteiger partial charge in [-0.05, 0) is 29.8 Å².